The van der Waals surface area contributed by atoms with Crippen LogP contribution in [0, 0.1) is 19.3 Å². The second-order valence-corrected chi connectivity index (χ2v) is 5.08. The quantitative estimate of drug-likeness (QED) is 0.867. The highest BCUT2D eigenvalue weighted by Crippen LogP contribution is 2.35. The molecule has 0 aromatic heterocycles. The maximum Gasteiger partial charge on any atom is 0.122 e. The van der Waals surface area contributed by atoms with Gasteiger partial charge in [-0.3, -0.25) is 0 Å². The summed E-state index contributed by atoms with van der Waals surface area (Å²) < 4.78 is 10.6. The topological polar surface area (TPSA) is 38.7 Å². The van der Waals surface area contributed by atoms with Crippen molar-refractivity contribution in [3.8, 4) is 5.75 Å². The molecule has 1 saturated heterocycles. The average Bonchev–Trinajstić information content (AvgIpc) is 2.27. The number of hydrogen-bond acceptors (Lipinski definition) is 3. The molecule has 1 aliphatic heterocycles. The fourth-order valence-electron chi connectivity index (χ4n) is 2.22. The van der Waals surface area contributed by atoms with Gasteiger partial charge in [-0.25, -0.2) is 0 Å². The molecule has 0 spiro atoms. The van der Waals surface area contributed by atoms with Crippen LogP contribution in [-0.2, 0) is 11.2 Å². The normalized spacial score (nSPS) is 17.6. The van der Waals surface area contributed by atoms with E-state index in [4.69, 9.17) is 9.47 Å². The van der Waals surface area contributed by atoms with Gasteiger partial charge in [-0.15, -0.1) is 0 Å². The van der Waals surface area contributed by atoms with Crippen molar-refractivity contribution in [1.29, 1.82) is 0 Å². The molecule has 94 valence electrons. The Labute approximate surface area is 102 Å². The molecule has 1 heterocycles. The molecular formula is C14H20O3. The number of benzene rings is 1. The lowest BCUT2D eigenvalue weighted by molar-refractivity contribution is -0.136. The van der Waals surface area contributed by atoms with E-state index < -0.39 is 0 Å². The molecule has 0 atom stereocenters. The van der Waals surface area contributed by atoms with Gasteiger partial charge in [-0.05, 0) is 43.0 Å². The van der Waals surface area contributed by atoms with E-state index in [1.54, 1.807) is 7.11 Å². The van der Waals surface area contributed by atoms with Gasteiger partial charge < -0.3 is 14.6 Å². The largest absolute Gasteiger partial charge is 0.496 e. The summed E-state index contributed by atoms with van der Waals surface area (Å²) in [6.07, 6.45) is 0.813. The highest BCUT2D eigenvalue weighted by Gasteiger charge is 2.38. The second-order valence-electron chi connectivity index (χ2n) is 5.08. The van der Waals surface area contributed by atoms with Gasteiger partial charge in [0.25, 0.3) is 0 Å². The number of aliphatic hydroxyl groups is 1. The molecule has 0 saturated carbocycles. The van der Waals surface area contributed by atoms with Crippen LogP contribution in [0.3, 0.4) is 0 Å². The van der Waals surface area contributed by atoms with Crippen molar-refractivity contribution in [2.45, 2.75) is 20.3 Å². The first-order chi connectivity index (χ1) is 8.10. The van der Waals surface area contributed by atoms with Crippen LogP contribution in [0.25, 0.3) is 0 Å². The number of rotatable bonds is 4. The lowest BCUT2D eigenvalue weighted by Gasteiger charge is -2.40. The van der Waals surface area contributed by atoms with Crippen molar-refractivity contribution >= 4 is 0 Å². The molecule has 1 N–H and O–H groups in total. The first-order valence-corrected chi connectivity index (χ1v) is 5.93. The Morgan fingerprint density at radius 2 is 1.94 bits per heavy atom. The molecule has 0 bridgehead atoms. The van der Waals surface area contributed by atoms with Gasteiger partial charge in [-0.2, -0.15) is 0 Å². The minimum Gasteiger partial charge on any atom is -0.496 e. The number of aliphatic hydroxyl groups excluding tert-OH is 1. The monoisotopic (exact) mass is 236 g/mol. The van der Waals surface area contributed by atoms with Gasteiger partial charge in [0.05, 0.1) is 26.9 Å². The zero-order chi connectivity index (χ0) is 12.5. The lowest BCUT2D eigenvalue weighted by atomic mass is 9.80. The van der Waals surface area contributed by atoms with Crippen LogP contribution in [0.5, 0.6) is 5.75 Å². The summed E-state index contributed by atoms with van der Waals surface area (Å²) in [5.41, 5.74) is 3.55. The van der Waals surface area contributed by atoms with Crippen molar-refractivity contribution in [3.63, 3.8) is 0 Å². The van der Waals surface area contributed by atoms with Crippen molar-refractivity contribution in [3.05, 3.63) is 28.8 Å². The van der Waals surface area contributed by atoms with Crippen molar-refractivity contribution in [2.24, 2.45) is 5.41 Å². The predicted molar refractivity (Wildman–Crippen MR) is 66.5 cm³/mol. The van der Waals surface area contributed by atoms with Crippen molar-refractivity contribution in [2.75, 3.05) is 26.9 Å². The molecule has 3 heteroatoms. The summed E-state index contributed by atoms with van der Waals surface area (Å²) in [6, 6.07) is 4.22. The highest BCUT2D eigenvalue weighted by atomic mass is 16.5. The fourth-order valence-corrected chi connectivity index (χ4v) is 2.22. The van der Waals surface area contributed by atoms with Gasteiger partial charge in [0.15, 0.2) is 0 Å². The summed E-state index contributed by atoms with van der Waals surface area (Å²) in [4.78, 5) is 0. The lowest BCUT2D eigenvalue weighted by Crippen LogP contribution is -2.47. The minimum absolute atomic E-state index is 0.102. The standard InChI is InChI=1S/C14H20O3/c1-10-4-12(13(16-3)5-11(10)2)6-14(7-15)8-17-9-14/h4-5,15H,6-9H2,1-3H3. The molecule has 1 aliphatic rings. The van der Waals surface area contributed by atoms with Crippen LogP contribution in [0.1, 0.15) is 16.7 Å². The van der Waals surface area contributed by atoms with Gasteiger partial charge in [0, 0.05) is 5.41 Å². The van der Waals surface area contributed by atoms with Crippen LogP contribution in [0.15, 0.2) is 12.1 Å². The molecule has 1 fully saturated rings. The average molecular weight is 236 g/mol. The van der Waals surface area contributed by atoms with Gasteiger partial charge in [0.1, 0.15) is 5.75 Å². The molecule has 17 heavy (non-hydrogen) atoms. The summed E-state index contributed by atoms with van der Waals surface area (Å²) in [5.74, 6) is 0.910. The molecule has 2 rings (SSSR count). The summed E-state index contributed by atoms with van der Waals surface area (Å²) in [5, 5.41) is 9.46. The van der Waals surface area contributed by atoms with E-state index >= 15 is 0 Å². The zero-order valence-corrected chi connectivity index (χ0v) is 10.7. The number of methoxy groups -OCH3 is 1. The predicted octanol–water partition coefficient (Wildman–Crippen LogP) is 1.86. The Balaban J connectivity index is 2.28. The highest BCUT2D eigenvalue weighted by molar-refractivity contribution is 5.42. The van der Waals surface area contributed by atoms with Gasteiger partial charge in [-0.1, -0.05) is 6.07 Å². The number of hydrogen-bond donors (Lipinski definition) is 1. The van der Waals surface area contributed by atoms with E-state index in [0.717, 1.165) is 17.7 Å². The van der Waals surface area contributed by atoms with E-state index in [-0.39, 0.29) is 12.0 Å². The van der Waals surface area contributed by atoms with Gasteiger partial charge in [0.2, 0.25) is 0 Å². The third kappa shape index (κ3) is 2.31. The molecule has 0 unspecified atom stereocenters. The Morgan fingerprint density at radius 3 is 2.41 bits per heavy atom. The zero-order valence-electron chi connectivity index (χ0n) is 10.7. The Kier molecular flexibility index (Phi) is 3.40. The molecule has 0 amide bonds. The van der Waals surface area contributed by atoms with Crippen molar-refractivity contribution < 1.29 is 14.6 Å². The maximum absolute atomic E-state index is 9.46. The van der Waals surface area contributed by atoms with Crippen LogP contribution < -0.4 is 4.74 Å². The van der Waals surface area contributed by atoms with Crippen LogP contribution in [0.2, 0.25) is 0 Å². The maximum atomic E-state index is 9.46. The summed E-state index contributed by atoms with van der Waals surface area (Å²) in [6.45, 7) is 5.62. The smallest absolute Gasteiger partial charge is 0.122 e. The first-order valence-electron chi connectivity index (χ1n) is 5.93. The molecule has 3 nitrogen and oxygen atoms in total. The molecule has 0 radical (unpaired) electrons. The molecular weight excluding hydrogens is 216 g/mol. The summed E-state index contributed by atoms with van der Waals surface area (Å²) >= 11 is 0. The van der Waals surface area contributed by atoms with E-state index in [0.29, 0.717) is 13.2 Å². The van der Waals surface area contributed by atoms with Gasteiger partial charge >= 0.3 is 0 Å². The third-order valence-electron chi connectivity index (χ3n) is 3.61. The Bertz CT molecular complexity index is 403. The Hall–Kier alpha value is -1.06. The van der Waals surface area contributed by atoms with Crippen LogP contribution in [0.4, 0.5) is 0 Å². The van der Waals surface area contributed by atoms with Crippen LogP contribution in [-0.4, -0.2) is 32.0 Å². The fraction of sp³-hybridized carbons (Fsp3) is 0.571. The van der Waals surface area contributed by atoms with E-state index in [1.807, 2.05) is 0 Å². The third-order valence-corrected chi connectivity index (χ3v) is 3.61. The van der Waals surface area contributed by atoms with Crippen molar-refractivity contribution in [1.82, 2.24) is 0 Å². The molecule has 1 aromatic rings. The van der Waals surface area contributed by atoms with E-state index in [2.05, 4.69) is 26.0 Å². The van der Waals surface area contributed by atoms with E-state index in [1.165, 1.54) is 11.1 Å². The SMILES string of the molecule is COc1cc(C)c(C)cc1CC1(CO)COC1. The summed E-state index contributed by atoms with van der Waals surface area (Å²) in [7, 11) is 1.69. The van der Waals surface area contributed by atoms with Crippen LogP contribution >= 0.6 is 0 Å². The second kappa shape index (κ2) is 4.67. The number of ether oxygens (including phenoxy) is 2. The molecule has 0 aliphatic carbocycles. The minimum atomic E-state index is -0.102. The number of aryl methyl sites for hydroxylation is 2. The Morgan fingerprint density at radius 1 is 1.29 bits per heavy atom. The van der Waals surface area contributed by atoms with E-state index in [9.17, 15) is 5.11 Å². The molecule has 1 aromatic carbocycles. The first kappa shape index (κ1) is 12.4.